The SMILES string of the molecule is COC(=O)N[C@@H](C(=O)N1CCC[C@H]1c1ncc(-c2ccc(-c3ccc(-c4ccc(-c5cnc([C@@H]6CCCN6C)[nH]5)cc4)cc3)cc2)[nH]1)c1ccccc1. The molecule has 0 saturated carbocycles. The fourth-order valence-corrected chi connectivity index (χ4v) is 7.69. The summed E-state index contributed by atoms with van der Waals surface area (Å²) in [5, 5.41) is 2.72. The first-order valence-corrected chi connectivity index (χ1v) is 18.3. The molecule has 2 saturated heterocycles. The lowest BCUT2D eigenvalue weighted by Gasteiger charge is -2.28. The molecule has 0 radical (unpaired) electrons. The monoisotopic (exact) mass is 705 g/mol. The number of nitrogens with zero attached hydrogens (tertiary/aromatic N) is 4. The van der Waals surface area contributed by atoms with Gasteiger partial charge in [0.25, 0.3) is 5.91 Å². The molecule has 8 rings (SSSR count). The van der Waals surface area contributed by atoms with E-state index in [0.717, 1.165) is 76.7 Å². The molecule has 2 fully saturated rings. The molecule has 3 atom stereocenters. The highest BCUT2D eigenvalue weighted by atomic mass is 16.5. The zero-order valence-corrected chi connectivity index (χ0v) is 30.0. The number of ether oxygens (including phenoxy) is 1. The summed E-state index contributed by atoms with van der Waals surface area (Å²) in [6, 6.07) is 34.3. The maximum absolute atomic E-state index is 13.9. The Morgan fingerprint density at radius 1 is 0.679 bits per heavy atom. The first-order valence-electron chi connectivity index (χ1n) is 18.3. The van der Waals surface area contributed by atoms with Crippen LogP contribution in [0, 0.1) is 0 Å². The van der Waals surface area contributed by atoms with Gasteiger partial charge in [-0.25, -0.2) is 14.8 Å². The van der Waals surface area contributed by atoms with Crippen LogP contribution in [0.4, 0.5) is 4.79 Å². The molecule has 0 aliphatic carbocycles. The van der Waals surface area contributed by atoms with Crippen LogP contribution in [0.1, 0.15) is 61.0 Å². The predicted molar refractivity (Wildman–Crippen MR) is 205 cm³/mol. The molecule has 53 heavy (non-hydrogen) atoms. The van der Waals surface area contributed by atoms with Crippen molar-refractivity contribution in [2.24, 2.45) is 0 Å². The molecule has 6 aromatic rings. The molecule has 2 aliphatic heterocycles. The second-order valence-electron chi connectivity index (χ2n) is 13.9. The molecule has 3 N–H and O–H groups in total. The average Bonchev–Trinajstić information content (AvgIpc) is 4.05. The average molecular weight is 706 g/mol. The standard InChI is InChI=1S/C43H43N7O3/c1-49-24-6-10-37(49)40-44-26-35(46-40)32-20-16-30(17-21-32)28-12-14-29(15-13-28)31-18-22-33(23-19-31)36-27-45-41(47-36)38-11-7-25-50(38)42(51)39(48-43(52)53-2)34-8-4-3-5-9-34/h3-5,8-9,12-23,26-27,37-39H,6-7,10-11,24-25H2,1-2H3,(H,44,46)(H,45,47)(H,48,52)/t37-,38-,39+/m0/s1. The third-order valence-corrected chi connectivity index (χ3v) is 10.6. The van der Waals surface area contributed by atoms with E-state index in [9.17, 15) is 9.59 Å². The van der Waals surface area contributed by atoms with E-state index < -0.39 is 12.1 Å². The molecule has 2 aliphatic rings. The van der Waals surface area contributed by atoms with Crippen molar-refractivity contribution in [1.29, 1.82) is 0 Å². The molecular formula is C43H43N7O3. The van der Waals surface area contributed by atoms with Crippen LogP contribution in [-0.4, -0.2) is 69.0 Å². The van der Waals surface area contributed by atoms with Crippen LogP contribution in [0.5, 0.6) is 0 Å². The van der Waals surface area contributed by atoms with Gasteiger partial charge in [-0.15, -0.1) is 0 Å². The lowest BCUT2D eigenvalue weighted by molar-refractivity contribution is -0.134. The molecule has 0 unspecified atom stereocenters. The quantitative estimate of drug-likeness (QED) is 0.139. The largest absolute Gasteiger partial charge is 0.453 e. The van der Waals surface area contributed by atoms with Crippen LogP contribution in [-0.2, 0) is 9.53 Å². The lowest BCUT2D eigenvalue weighted by Crippen LogP contribution is -2.42. The minimum absolute atomic E-state index is 0.190. The summed E-state index contributed by atoms with van der Waals surface area (Å²) in [5.41, 5.74) is 9.36. The number of imidazole rings is 2. The predicted octanol–water partition coefficient (Wildman–Crippen LogP) is 8.33. The minimum Gasteiger partial charge on any atom is -0.453 e. The number of aromatic nitrogens is 4. The Morgan fingerprint density at radius 2 is 1.15 bits per heavy atom. The molecule has 268 valence electrons. The van der Waals surface area contributed by atoms with E-state index in [1.165, 1.54) is 19.1 Å². The van der Waals surface area contributed by atoms with Crippen LogP contribution in [0.25, 0.3) is 44.8 Å². The highest BCUT2D eigenvalue weighted by Gasteiger charge is 2.37. The van der Waals surface area contributed by atoms with Crippen molar-refractivity contribution in [2.45, 2.75) is 43.8 Å². The molecule has 0 bridgehead atoms. The van der Waals surface area contributed by atoms with Crippen molar-refractivity contribution in [3.63, 3.8) is 0 Å². The van der Waals surface area contributed by atoms with Crippen LogP contribution in [0.3, 0.4) is 0 Å². The van der Waals surface area contributed by atoms with Gasteiger partial charge in [-0.05, 0) is 78.2 Å². The van der Waals surface area contributed by atoms with E-state index in [-0.39, 0.29) is 11.9 Å². The van der Waals surface area contributed by atoms with Gasteiger partial charge in [0.15, 0.2) is 0 Å². The maximum Gasteiger partial charge on any atom is 0.407 e. The van der Waals surface area contributed by atoms with Crippen LogP contribution >= 0.6 is 0 Å². The first-order chi connectivity index (χ1) is 25.9. The number of alkyl carbamates (subject to hydrolysis) is 1. The van der Waals surface area contributed by atoms with Crippen molar-refractivity contribution in [2.75, 3.05) is 27.2 Å². The van der Waals surface area contributed by atoms with Gasteiger partial charge in [-0.1, -0.05) is 103 Å². The highest BCUT2D eigenvalue weighted by Crippen LogP contribution is 2.35. The third-order valence-electron chi connectivity index (χ3n) is 10.6. The Hall–Kier alpha value is -6.00. The fourth-order valence-electron chi connectivity index (χ4n) is 7.69. The van der Waals surface area contributed by atoms with Gasteiger partial charge in [-0.3, -0.25) is 9.69 Å². The van der Waals surface area contributed by atoms with Gasteiger partial charge in [0.2, 0.25) is 0 Å². The van der Waals surface area contributed by atoms with Crippen LogP contribution in [0.15, 0.2) is 116 Å². The van der Waals surface area contributed by atoms with Crippen molar-refractivity contribution in [3.05, 3.63) is 133 Å². The smallest absolute Gasteiger partial charge is 0.407 e. The van der Waals surface area contributed by atoms with Gasteiger partial charge in [0.05, 0.1) is 43.0 Å². The number of methoxy groups -OCH3 is 1. The Balaban J connectivity index is 0.926. The Kier molecular flexibility index (Phi) is 9.60. The number of carbonyl (C=O) groups excluding carboxylic acids is 2. The van der Waals surface area contributed by atoms with Crippen molar-refractivity contribution >= 4 is 12.0 Å². The lowest BCUT2D eigenvalue weighted by atomic mass is 9.98. The van der Waals surface area contributed by atoms with E-state index in [1.54, 1.807) is 0 Å². The number of nitrogens with one attached hydrogen (secondary N) is 3. The molecule has 2 aromatic heterocycles. The number of hydrogen-bond donors (Lipinski definition) is 3. The Bertz CT molecular complexity index is 2180. The van der Waals surface area contributed by atoms with E-state index >= 15 is 0 Å². The number of H-pyrrole nitrogens is 2. The highest BCUT2D eigenvalue weighted by molar-refractivity contribution is 5.87. The van der Waals surface area contributed by atoms with E-state index in [1.807, 2.05) is 47.6 Å². The number of rotatable bonds is 9. The zero-order chi connectivity index (χ0) is 36.3. The van der Waals surface area contributed by atoms with Gasteiger partial charge in [0, 0.05) is 6.54 Å². The van der Waals surface area contributed by atoms with Crippen LogP contribution in [0.2, 0.25) is 0 Å². The molecular weight excluding hydrogens is 663 g/mol. The summed E-state index contributed by atoms with van der Waals surface area (Å²) >= 11 is 0. The molecule has 2 amide bonds. The van der Waals surface area contributed by atoms with Crippen LogP contribution < -0.4 is 5.32 Å². The summed E-state index contributed by atoms with van der Waals surface area (Å²) in [6.45, 7) is 1.70. The second kappa shape index (κ2) is 14.9. The molecule has 4 aromatic carbocycles. The summed E-state index contributed by atoms with van der Waals surface area (Å²) in [7, 11) is 3.46. The number of aromatic amines is 2. The summed E-state index contributed by atoms with van der Waals surface area (Å²) < 4.78 is 4.83. The molecule has 10 nitrogen and oxygen atoms in total. The van der Waals surface area contributed by atoms with E-state index in [0.29, 0.717) is 18.2 Å². The molecule has 10 heteroatoms. The second-order valence-corrected chi connectivity index (χ2v) is 13.9. The number of benzene rings is 4. The molecule has 4 heterocycles. The van der Waals surface area contributed by atoms with Gasteiger partial charge >= 0.3 is 6.09 Å². The van der Waals surface area contributed by atoms with Gasteiger partial charge in [0.1, 0.15) is 17.7 Å². The van der Waals surface area contributed by atoms with E-state index in [2.05, 4.69) is 105 Å². The number of hydrogen-bond acceptors (Lipinski definition) is 6. The fraction of sp³-hybridized carbons (Fsp3) is 0.256. The normalized spacial score (nSPS) is 17.9. The Morgan fingerprint density at radius 3 is 1.64 bits per heavy atom. The topological polar surface area (TPSA) is 119 Å². The third kappa shape index (κ3) is 7.10. The van der Waals surface area contributed by atoms with Gasteiger partial charge < -0.3 is 24.9 Å². The zero-order valence-electron chi connectivity index (χ0n) is 30.0. The summed E-state index contributed by atoms with van der Waals surface area (Å²) in [6.07, 6.45) is 7.10. The van der Waals surface area contributed by atoms with Gasteiger partial charge in [-0.2, -0.15) is 0 Å². The summed E-state index contributed by atoms with van der Waals surface area (Å²) in [4.78, 5) is 46.6. The van der Waals surface area contributed by atoms with E-state index in [4.69, 9.17) is 9.72 Å². The minimum atomic E-state index is -0.856. The maximum atomic E-state index is 13.9. The number of likely N-dealkylation sites (tertiary alicyclic amines) is 2. The number of carbonyl (C=O) groups is 2. The van der Waals surface area contributed by atoms with Crippen molar-refractivity contribution in [1.82, 2.24) is 35.1 Å². The van der Waals surface area contributed by atoms with Crippen molar-refractivity contribution in [3.8, 4) is 44.8 Å². The Labute approximate surface area is 309 Å². The molecule has 0 spiro atoms. The first kappa shape index (κ1) is 34.1. The summed E-state index contributed by atoms with van der Waals surface area (Å²) in [5.74, 6) is 1.59. The number of amides is 2. The van der Waals surface area contributed by atoms with Crippen molar-refractivity contribution < 1.29 is 14.3 Å².